The van der Waals surface area contributed by atoms with Gasteiger partial charge in [-0.05, 0) is 78.1 Å². The average Bonchev–Trinajstić information content (AvgIpc) is 4.03. The van der Waals surface area contributed by atoms with Gasteiger partial charge in [0.2, 0.25) is 11.8 Å². The number of amides is 4. The quantitative estimate of drug-likeness (QED) is 0.115. The summed E-state index contributed by atoms with van der Waals surface area (Å²) in [5, 5.41) is 4.72. The van der Waals surface area contributed by atoms with Gasteiger partial charge in [0, 0.05) is 13.1 Å². The van der Waals surface area contributed by atoms with Gasteiger partial charge in [-0.15, -0.1) is 0 Å². The number of imidazole rings is 2. The summed E-state index contributed by atoms with van der Waals surface area (Å²) in [5.41, 5.74) is 6.77. The molecule has 17 heteroatoms. The molecular weight excluding hydrogens is 757 g/mol. The molecule has 0 radical (unpaired) electrons. The summed E-state index contributed by atoms with van der Waals surface area (Å²) in [6.07, 6.45) is -5.36. The summed E-state index contributed by atoms with van der Waals surface area (Å²) in [7, 11) is 2.29. The first-order valence-electron chi connectivity index (χ1n) is 19.2. The van der Waals surface area contributed by atoms with Crippen molar-refractivity contribution in [3.05, 3.63) is 72.3 Å². The molecule has 7 rings (SSSR count). The largest absolute Gasteiger partial charge is 0.453 e. The fraction of sp³-hybridized carbons (Fsp3) is 0.415. The number of benzene rings is 3. The van der Waals surface area contributed by atoms with E-state index in [2.05, 4.69) is 25.0 Å². The molecule has 306 valence electrons. The van der Waals surface area contributed by atoms with Crippen molar-refractivity contribution < 1.29 is 41.8 Å². The molecule has 5 aromatic rings. The van der Waals surface area contributed by atoms with E-state index in [0.717, 1.165) is 53.2 Å². The van der Waals surface area contributed by atoms with E-state index in [0.29, 0.717) is 42.1 Å². The Hall–Kier alpha value is -6.13. The molecule has 4 N–H and O–H groups in total. The molecule has 0 unspecified atom stereocenters. The van der Waals surface area contributed by atoms with E-state index in [-0.39, 0.29) is 24.4 Å². The number of carbonyl (C=O) groups excluding carboxylic acids is 4. The van der Waals surface area contributed by atoms with Crippen LogP contribution in [0.15, 0.2) is 60.7 Å². The third kappa shape index (κ3) is 8.43. The number of likely N-dealkylation sites (tertiary alicyclic amines) is 2. The topological polar surface area (TPSA) is 175 Å². The van der Waals surface area contributed by atoms with Crippen molar-refractivity contribution in [3.63, 3.8) is 0 Å². The number of methoxy groups -OCH3 is 2. The maximum atomic E-state index is 13.6. The van der Waals surface area contributed by atoms with Crippen LogP contribution >= 0.6 is 0 Å². The number of hydrogen-bond acceptors (Lipinski definition) is 8. The number of alkyl halides is 3. The van der Waals surface area contributed by atoms with Gasteiger partial charge in [0.25, 0.3) is 0 Å². The number of ether oxygens (including phenoxy) is 2. The minimum Gasteiger partial charge on any atom is -0.453 e. The Morgan fingerprint density at radius 1 is 0.724 bits per heavy atom. The number of H-pyrrole nitrogens is 2. The summed E-state index contributed by atoms with van der Waals surface area (Å²) < 4.78 is 49.3. The zero-order chi connectivity index (χ0) is 41.3. The highest BCUT2D eigenvalue weighted by Crippen LogP contribution is 2.36. The summed E-state index contributed by atoms with van der Waals surface area (Å²) in [5.74, 6) is -0.00610. The van der Waals surface area contributed by atoms with Crippen LogP contribution in [0.4, 0.5) is 22.8 Å². The Balaban J connectivity index is 1.06. The Morgan fingerprint density at radius 2 is 1.17 bits per heavy atom. The number of nitrogens with zero attached hydrogens (tertiary/aromatic N) is 4. The zero-order valence-corrected chi connectivity index (χ0v) is 32.5. The lowest BCUT2D eigenvalue weighted by atomic mass is 10.00. The molecule has 2 aromatic heterocycles. The highest BCUT2D eigenvalue weighted by molar-refractivity contribution is 5.88. The summed E-state index contributed by atoms with van der Waals surface area (Å²) in [6, 6.07) is 16.4. The van der Waals surface area contributed by atoms with Crippen molar-refractivity contribution in [2.24, 2.45) is 5.92 Å². The lowest BCUT2D eigenvalue weighted by molar-refractivity contribution is -0.154. The van der Waals surface area contributed by atoms with E-state index in [1.807, 2.05) is 79.8 Å². The van der Waals surface area contributed by atoms with Gasteiger partial charge < -0.3 is 39.9 Å². The van der Waals surface area contributed by atoms with Crippen LogP contribution < -0.4 is 10.6 Å². The summed E-state index contributed by atoms with van der Waals surface area (Å²) in [4.78, 5) is 70.1. The van der Waals surface area contributed by atoms with Crippen molar-refractivity contribution in [2.75, 3.05) is 27.3 Å². The molecule has 0 aliphatic carbocycles. The van der Waals surface area contributed by atoms with Crippen LogP contribution in [0, 0.1) is 5.92 Å². The van der Waals surface area contributed by atoms with Crippen LogP contribution in [0.25, 0.3) is 44.3 Å². The fourth-order valence-corrected chi connectivity index (χ4v) is 7.93. The highest BCUT2D eigenvalue weighted by atomic mass is 19.4. The van der Waals surface area contributed by atoms with E-state index < -0.39 is 48.8 Å². The second-order valence-electron chi connectivity index (χ2n) is 15.0. The number of carbonyl (C=O) groups is 4. The van der Waals surface area contributed by atoms with Crippen molar-refractivity contribution in [1.82, 2.24) is 40.4 Å². The first-order chi connectivity index (χ1) is 27.7. The number of hydrogen-bond donors (Lipinski definition) is 4. The maximum Gasteiger partial charge on any atom is 0.407 e. The van der Waals surface area contributed by atoms with Gasteiger partial charge >= 0.3 is 18.4 Å². The van der Waals surface area contributed by atoms with Crippen LogP contribution in [-0.2, 0) is 19.1 Å². The van der Waals surface area contributed by atoms with Crippen molar-refractivity contribution >= 4 is 46.1 Å². The van der Waals surface area contributed by atoms with Gasteiger partial charge in [0.05, 0.1) is 54.8 Å². The first-order valence-corrected chi connectivity index (χ1v) is 19.2. The van der Waals surface area contributed by atoms with Crippen LogP contribution in [-0.4, -0.2) is 99.3 Å². The highest BCUT2D eigenvalue weighted by Gasteiger charge is 2.42. The molecule has 0 spiro atoms. The molecule has 0 saturated carbocycles. The average molecular weight is 803 g/mol. The van der Waals surface area contributed by atoms with E-state index in [4.69, 9.17) is 9.72 Å². The monoisotopic (exact) mass is 802 g/mol. The van der Waals surface area contributed by atoms with Gasteiger partial charge in [-0.2, -0.15) is 13.2 Å². The second-order valence-corrected chi connectivity index (χ2v) is 15.0. The molecule has 0 bridgehead atoms. The van der Waals surface area contributed by atoms with Gasteiger partial charge in [-0.25, -0.2) is 19.6 Å². The van der Waals surface area contributed by atoms with E-state index >= 15 is 0 Å². The van der Waals surface area contributed by atoms with Crippen LogP contribution in [0.3, 0.4) is 0 Å². The predicted molar refractivity (Wildman–Crippen MR) is 208 cm³/mol. The molecule has 4 atom stereocenters. The Labute approximate surface area is 331 Å². The lowest BCUT2D eigenvalue weighted by Crippen LogP contribution is -2.51. The number of fused-ring (bicyclic) bond motifs is 2. The Morgan fingerprint density at radius 3 is 1.62 bits per heavy atom. The SMILES string of the molecule is COC(=O)N[C@@H](CC(F)(F)F)C(=O)N1CCC[C@H]1c1nc2ccc(-c3ccc(-c4ccc5nc([C@@H]6CCCN6C(=O)[C@@H](NC(=O)OC)C(C)C)[nH]c5c4)cc3)cc2[nH]1. The minimum absolute atomic E-state index is 0.136. The van der Waals surface area contributed by atoms with Gasteiger partial charge in [0.15, 0.2) is 0 Å². The Bertz CT molecular complexity index is 2320. The van der Waals surface area contributed by atoms with E-state index in [9.17, 15) is 32.3 Å². The van der Waals surface area contributed by atoms with E-state index in [1.165, 1.54) is 12.0 Å². The van der Waals surface area contributed by atoms with Gasteiger partial charge in [0.1, 0.15) is 23.7 Å². The lowest BCUT2D eigenvalue weighted by Gasteiger charge is -2.29. The number of aromatic amines is 2. The van der Waals surface area contributed by atoms with Gasteiger partial charge in [-0.1, -0.05) is 50.2 Å². The van der Waals surface area contributed by atoms with Gasteiger partial charge in [-0.3, -0.25) is 9.59 Å². The standard InChI is InChI=1S/C41H45F3N8O6/c1-22(2)34(50-40(56)58-4)38(54)52-18-6-8-33(52)36-46-28-16-14-26(20-30(28)48-36)24-11-9-23(10-12-24)25-13-15-27-29(19-25)47-35(45-27)32-7-5-17-51(32)37(53)31(21-41(42,43)44)49-39(55)57-3/h9-16,19-20,22,31-34H,5-8,17-18,21H2,1-4H3,(H,45,47)(H,46,48)(H,49,55)(H,50,56)/t31-,32-,33-,34-/m0/s1. The van der Waals surface area contributed by atoms with Crippen molar-refractivity contribution in [3.8, 4) is 22.3 Å². The number of aromatic nitrogens is 4. The van der Waals surface area contributed by atoms with Crippen molar-refractivity contribution in [1.29, 1.82) is 0 Å². The third-order valence-corrected chi connectivity index (χ3v) is 10.9. The molecule has 4 heterocycles. The summed E-state index contributed by atoms with van der Waals surface area (Å²) in [6.45, 7) is 4.54. The first kappa shape index (κ1) is 40.1. The third-order valence-electron chi connectivity index (χ3n) is 10.9. The smallest absolute Gasteiger partial charge is 0.407 e. The van der Waals surface area contributed by atoms with E-state index in [1.54, 1.807) is 4.90 Å². The molecule has 2 aliphatic heterocycles. The summed E-state index contributed by atoms with van der Waals surface area (Å²) >= 11 is 0. The molecule has 3 aromatic carbocycles. The molecule has 2 fully saturated rings. The second kappa shape index (κ2) is 16.4. The molecule has 2 saturated heterocycles. The number of rotatable bonds is 10. The van der Waals surface area contributed by atoms with Crippen LogP contribution in [0.1, 0.15) is 69.7 Å². The Kier molecular flexibility index (Phi) is 11.3. The molecular formula is C41H45F3N8O6. The van der Waals surface area contributed by atoms with Crippen LogP contribution in [0.2, 0.25) is 0 Å². The molecule has 2 aliphatic rings. The minimum atomic E-state index is -4.69. The number of halogens is 3. The molecule has 14 nitrogen and oxygen atoms in total. The maximum absolute atomic E-state index is 13.6. The molecule has 4 amide bonds. The number of nitrogens with one attached hydrogen (secondary N) is 4. The molecule has 58 heavy (non-hydrogen) atoms. The fourth-order valence-electron chi connectivity index (χ4n) is 7.93. The predicted octanol–water partition coefficient (Wildman–Crippen LogP) is 7.16. The normalized spacial score (nSPS) is 18.1. The number of alkyl carbamates (subject to hydrolysis) is 2. The van der Waals surface area contributed by atoms with Crippen molar-refractivity contribution in [2.45, 2.75) is 76.3 Å². The zero-order valence-electron chi connectivity index (χ0n) is 32.5. The van der Waals surface area contributed by atoms with Crippen LogP contribution in [0.5, 0.6) is 0 Å².